The summed E-state index contributed by atoms with van der Waals surface area (Å²) in [5, 5.41) is 0. The predicted octanol–water partition coefficient (Wildman–Crippen LogP) is 2.10. The molecule has 2 rings (SSSR count). The van der Waals surface area contributed by atoms with Crippen molar-refractivity contribution in [1.82, 2.24) is 14.8 Å². The van der Waals surface area contributed by atoms with E-state index in [1.807, 2.05) is 39.1 Å². The van der Waals surface area contributed by atoms with Crippen LogP contribution in [0, 0.1) is 0 Å². The van der Waals surface area contributed by atoms with Gasteiger partial charge in [-0.15, -0.1) is 0 Å². The second-order valence-corrected chi connectivity index (χ2v) is 6.84. The van der Waals surface area contributed by atoms with Crippen LogP contribution in [0.25, 0.3) is 0 Å². The first-order chi connectivity index (χ1) is 10.2. The number of ether oxygens (including phenoxy) is 1. The first-order valence-corrected chi connectivity index (χ1v) is 7.67. The predicted molar refractivity (Wildman–Crippen MR) is 86.3 cm³/mol. The number of rotatable bonds is 2. The maximum atomic E-state index is 12.1. The Hall–Kier alpha value is -1.82. The summed E-state index contributed by atoms with van der Waals surface area (Å²) in [4.78, 5) is 20.4. The quantitative estimate of drug-likeness (QED) is 0.906. The second kappa shape index (κ2) is 6.52. The lowest BCUT2D eigenvalue weighted by Crippen LogP contribution is -2.54. The molecule has 1 fully saturated rings. The first-order valence-electron chi connectivity index (χ1n) is 7.67. The Balaban J connectivity index is 1.90. The summed E-state index contributed by atoms with van der Waals surface area (Å²) in [5.74, 6) is 0.534. The summed E-state index contributed by atoms with van der Waals surface area (Å²) >= 11 is 0. The van der Waals surface area contributed by atoms with Gasteiger partial charge in [0.05, 0.1) is 0 Å². The first kappa shape index (κ1) is 16.5. The zero-order chi connectivity index (χ0) is 16.3. The summed E-state index contributed by atoms with van der Waals surface area (Å²) in [6, 6.07) is 4.09. The van der Waals surface area contributed by atoms with Gasteiger partial charge in [-0.2, -0.15) is 0 Å². The minimum absolute atomic E-state index is 0.229. The van der Waals surface area contributed by atoms with Crippen molar-refractivity contribution in [2.45, 2.75) is 45.9 Å². The minimum Gasteiger partial charge on any atom is -0.444 e. The number of aromatic nitrogens is 1. The summed E-state index contributed by atoms with van der Waals surface area (Å²) < 4.78 is 5.44. The van der Waals surface area contributed by atoms with Gasteiger partial charge in [-0.05, 0) is 39.3 Å². The van der Waals surface area contributed by atoms with Gasteiger partial charge in [-0.3, -0.25) is 4.90 Å². The minimum atomic E-state index is -0.451. The lowest BCUT2D eigenvalue weighted by molar-refractivity contribution is 0.00460. The molecular formula is C16H26N4O2. The average Bonchev–Trinajstić information content (AvgIpc) is 2.41. The maximum absolute atomic E-state index is 12.1. The van der Waals surface area contributed by atoms with Crippen molar-refractivity contribution in [2.24, 2.45) is 0 Å². The fraction of sp³-hybridized carbons (Fsp3) is 0.625. The van der Waals surface area contributed by atoms with Crippen molar-refractivity contribution in [2.75, 3.05) is 25.4 Å². The molecule has 22 heavy (non-hydrogen) atoms. The van der Waals surface area contributed by atoms with Crippen molar-refractivity contribution in [1.29, 1.82) is 0 Å². The van der Waals surface area contributed by atoms with Crippen LogP contribution in [-0.4, -0.2) is 52.2 Å². The summed E-state index contributed by atoms with van der Waals surface area (Å²) in [6.07, 6.45) is 1.58. The third-order valence-electron chi connectivity index (χ3n) is 3.65. The summed E-state index contributed by atoms with van der Waals surface area (Å²) in [5.41, 5.74) is 6.29. The molecule has 122 valence electrons. The Labute approximate surface area is 132 Å². The normalized spacial score (nSPS) is 20.0. The van der Waals surface area contributed by atoms with Gasteiger partial charge in [0.25, 0.3) is 0 Å². The molecule has 0 radical (unpaired) electrons. The molecule has 2 N–H and O–H groups in total. The number of amides is 1. The standard InChI is InChI=1S/C16H26N4O2/c1-12-10-20(15(21)22-16(2,3)4)8-7-19(12)11-13-5-6-14(17)18-9-13/h5-6,9,12H,7-8,10-11H2,1-4H3,(H2,17,18)/t12-/m0/s1. The third-order valence-corrected chi connectivity index (χ3v) is 3.65. The fourth-order valence-corrected chi connectivity index (χ4v) is 2.49. The Kier molecular flexibility index (Phi) is 4.90. The van der Waals surface area contributed by atoms with E-state index in [1.54, 1.807) is 4.90 Å². The van der Waals surface area contributed by atoms with Gasteiger partial charge < -0.3 is 15.4 Å². The third kappa shape index (κ3) is 4.59. The van der Waals surface area contributed by atoms with Crippen molar-refractivity contribution in [3.63, 3.8) is 0 Å². The number of hydrogen-bond donors (Lipinski definition) is 1. The Morgan fingerprint density at radius 3 is 2.68 bits per heavy atom. The molecule has 0 spiro atoms. The largest absolute Gasteiger partial charge is 0.444 e. The highest BCUT2D eigenvalue weighted by Crippen LogP contribution is 2.17. The maximum Gasteiger partial charge on any atom is 0.410 e. The Morgan fingerprint density at radius 2 is 2.14 bits per heavy atom. The zero-order valence-electron chi connectivity index (χ0n) is 13.9. The number of piperazine rings is 1. The van der Waals surface area contributed by atoms with Crippen LogP contribution in [0.15, 0.2) is 18.3 Å². The van der Waals surface area contributed by atoms with Crippen LogP contribution in [0.5, 0.6) is 0 Å². The number of carbonyl (C=O) groups is 1. The molecule has 1 aliphatic heterocycles. The van der Waals surface area contributed by atoms with Gasteiger partial charge in [0.15, 0.2) is 0 Å². The molecule has 1 aliphatic rings. The Morgan fingerprint density at radius 1 is 1.41 bits per heavy atom. The van der Waals surface area contributed by atoms with E-state index in [0.717, 1.165) is 18.7 Å². The molecule has 2 heterocycles. The molecule has 1 amide bonds. The molecule has 6 heteroatoms. The molecular weight excluding hydrogens is 280 g/mol. The van der Waals surface area contributed by atoms with Crippen LogP contribution in [0.2, 0.25) is 0 Å². The lowest BCUT2D eigenvalue weighted by atomic mass is 10.1. The van der Waals surface area contributed by atoms with Crippen LogP contribution in [0.1, 0.15) is 33.3 Å². The van der Waals surface area contributed by atoms with E-state index in [9.17, 15) is 4.79 Å². The van der Waals surface area contributed by atoms with E-state index in [-0.39, 0.29) is 12.1 Å². The molecule has 0 aliphatic carbocycles. The van der Waals surface area contributed by atoms with Gasteiger partial charge >= 0.3 is 6.09 Å². The molecule has 1 saturated heterocycles. The molecule has 0 saturated carbocycles. The van der Waals surface area contributed by atoms with E-state index in [4.69, 9.17) is 10.5 Å². The van der Waals surface area contributed by atoms with Crippen molar-refractivity contribution in [3.05, 3.63) is 23.9 Å². The van der Waals surface area contributed by atoms with Gasteiger partial charge in [-0.1, -0.05) is 6.07 Å². The zero-order valence-corrected chi connectivity index (χ0v) is 13.9. The molecule has 0 aromatic carbocycles. The highest BCUT2D eigenvalue weighted by atomic mass is 16.6. The van der Waals surface area contributed by atoms with Gasteiger partial charge in [-0.25, -0.2) is 9.78 Å². The van der Waals surface area contributed by atoms with Crippen LogP contribution < -0.4 is 5.73 Å². The van der Waals surface area contributed by atoms with Crippen LogP contribution in [0.3, 0.4) is 0 Å². The average molecular weight is 306 g/mol. The smallest absolute Gasteiger partial charge is 0.410 e. The number of nitrogens with two attached hydrogens (primary N) is 1. The number of carbonyl (C=O) groups excluding carboxylic acids is 1. The van der Waals surface area contributed by atoms with Crippen molar-refractivity contribution in [3.8, 4) is 0 Å². The number of pyridine rings is 1. The van der Waals surface area contributed by atoms with Gasteiger partial charge in [0.2, 0.25) is 0 Å². The van der Waals surface area contributed by atoms with Crippen LogP contribution >= 0.6 is 0 Å². The van der Waals surface area contributed by atoms with E-state index in [2.05, 4.69) is 16.8 Å². The van der Waals surface area contributed by atoms with Gasteiger partial charge in [0, 0.05) is 38.4 Å². The topological polar surface area (TPSA) is 71.7 Å². The van der Waals surface area contributed by atoms with Crippen molar-refractivity contribution >= 4 is 11.9 Å². The monoisotopic (exact) mass is 306 g/mol. The molecule has 1 atom stereocenters. The highest BCUT2D eigenvalue weighted by molar-refractivity contribution is 5.68. The summed E-state index contributed by atoms with van der Waals surface area (Å²) in [7, 11) is 0. The van der Waals surface area contributed by atoms with Crippen LogP contribution in [0.4, 0.5) is 10.6 Å². The fourth-order valence-electron chi connectivity index (χ4n) is 2.49. The van der Waals surface area contributed by atoms with Crippen molar-refractivity contribution < 1.29 is 9.53 Å². The van der Waals surface area contributed by atoms with E-state index >= 15 is 0 Å². The molecule has 1 aromatic rings. The molecule has 1 aromatic heterocycles. The Bertz CT molecular complexity index is 510. The number of nitrogen functional groups attached to an aromatic ring is 1. The van der Waals surface area contributed by atoms with E-state index in [1.165, 1.54) is 0 Å². The molecule has 6 nitrogen and oxygen atoms in total. The molecule has 0 unspecified atom stereocenters. The highest BCUT2D eigenvalue weighted by Gasteiger charge is 2.29. The van der Waals surface area contributed by atoms with Gasteiger partial charge in [0.1, 0.15) is 11.4 Å². The SMILES string of the molecule is C[C@H]1CN(C(=O)OC(C)(C)C)CCN1Cc1ccc(N)nc1. The lowest BCUT2D eigenvalue weighted by Gasteiger charge is -2.40. The molecule has 0 bridgehead atoms. The number of nitrogens with zero attached hydrogens (tertiary/aromatic N) is 3. The van der Waals surface area contributed by atoms with E-state index in [0.29, 0.717) is 18.9 Å². The van der Waals surface area contributed by atoms with E-state index < -0.39 is 5.60 Å². The second-order valence-electron chi connectivity index (χ2n) is 6.84. The van der Waals surface area contributed by atoms with Crippen LogP contribution in [-0.2, 0) is 11.3 Å². The number of anilines is 1. The number of hydrogen-bond acceptors (Lipinski definition) is 5. The summed E-state index contributed by atoms with van der Waals surface area (Å²) in [6.45, 7) is 10.8.